The predicted molar refractivity (Wildman–Crippen MR) is 60.5 cm³/mol. The third-order valence-electron chi connectivity index (χ3n) is 2.36. The molecule has 2 rings (SSSR count). The Morgan fingerprint density at radius 1 is 1.47 bits per heavy atom. The van der Waals surface area contributed by atoms with Gasteiger partial charge in [0.05, 0.1) is 24.4 Å². The number of H-pyrrole nitrogens is 1. The van der Waals surface area contributed by atoms with E-state index in [1.54, 1.807) is 36.5 Å². The molecule has 6 heteroatoms. The number of anilines is 1. The van der Waals surface area contributed by atoms with Crippen molar-refractivity contribution in [1.29, 1.82) is 0 Å². The van der Waals surface area contributed by atoms with E-state index in [-0.39, 0.29) is 5.69 Å². The van der Waals surface area contributed by atoms with E-state index in [2.05, 4.69) is 4.98 Å². The largest absolute Gasteiger partial charge is 0.465 e. The first-order chi connectivity index (χ1) is 8.18. The van der Waals surface area contributed by atoms with Crippen LogP contribution in [-0.4, -0.2) is 12.0 Å². The Labute approximate surface area is 97.6 Å². The zero-order chi connectivity index (χ0) is 12.3. The highest BCUT2D eigenvalue weighted by Crippen LogP contribution is 2.22. The van der Waals surface area contributed by atoms with Gasteiger partial charge in [0, 0.05) is 6.07 Å². The summed E-state index contributed by atoms with van der Waals surface area (Å²) in [5, 5.41) is 10.9. The molecule has 0 aliphatic heterocycles. The summed E-state index contributed by atoms with van der Waals surface area (Å²) < 4.78 is 5.20. The first-order valence-electron chi connectivity index (χ1n) is 5.07. The summed E-state index contributed by atoms with van der Waals surface area (Å²) in [5.74, 6) is 1.20. The minimum atomic E-state index is -0.412. The second kappa shape index (κ2) is 4.65. The van der Waals surface area contributed by atoms with Gasteiger partial charge in [-0.3, -0.25) is 15.0 Å². The lowest BCUT2D eigenvalue weighted by Crippen LogP contribution is -2.25. The zero-order valence-electron chi connectivity index (χ0n) is 9.29. The van der Waals surface area contributed by atoms with Crippen LogP contribution in [0.25, 0.3) is 0 Å². The molecule has 2 aromatic rings. The highest BCUT2D eigenvalue weighted by Gasteiger charge is 2.24. The van der Waals surface area contributed by atoms with Crippen LogP contribution in [0, 0.1) is 10.1 Å². The van der Waals surface area contributed by atoms with Crippen LogP contribution in [0.4, 0.5) is 11.5 Å². The fourth-order valence-electron chi connectivity index (χ4n) is 1.59. The third kappa shape index (κ3) is 2.41. The molecule has 0 unspecified atom stereocenters. The van der Waals surface area contributed by atoms with Crippen molar-refractivity contribution < 1.29 is 14.3 Å². The molecular weight excluding hydrogens is 222 g/mol. The Bertz CT molecular complexity index is 510. The van der Waals surface area contributed by atoms with Gasteiger partial charge in [0.1, 0.15) is 12.3 Å². The van der Waals surface area contributed by atoms with E-state index >= 15 is 0 Å². The summed E-state index contributed by atoms with van der Waals surface area (Å²) in [4.78, 5) is 15.1. The fraction of sp³-hybridized carbons (Fsp3) is 0.182. The summed E-state index contributed by atoms with van der Waals surface area (Å²) in [5.41, 5.74) is 0.0431. The molecule has 0 bridgehead atoms. The van der Waals surface area contributed by atoms with E-state index in [0.29, 0.717) is 12.4 Å². The van der Waals surface area contributed by atoms with E-state index in [9.17, 15) is 10.1 Å². The molecule has 1 N–H and O–H groups in total. The highest BCUT2D eigenvalue weighted by molar-refractivity contribution is 5.52. The molecule has 0 amide bonds. The maximum atomic E-state index is 10.9. The predicted octanol–water partition coefficient (Wildman–Crippen LogP) is 1.64. The van der Waals surface area contributed by atoms with E-state index < -0.39 is 4.92 Å². The van der Waals surface area contributed by atoms with Crippen LogP contribution in [0.1, 0.15) is 5.76 Å². The SMILES string of the molecule is CN(Cc1ccco1)c1[nH+]cccc1[N+](=O)[O-]. The molecule has 0 radical (unpaired) electrons. The maximum Gasteiger partial charge on any atom is 0.357 e. The van der Waals surface area contributed by atoms with Crippen molar-refractivity contribution in [1.82, 2.24) is 0 Å². The number of aromatic nitrogens is 1. The second-order valence-corrected chi connectivity index (χ2v) is 3.60. The van der Waals surface area contributed by atoms with E-state index in [0.717, 1.165) is 5.76 Å². The van der Waals surface area contributed by atoms with Crippen LogP contribution in [0.2, 0.25) is 0 Å². The van der Waals surface area contributed by atoms with E-state index in [1.165, 1.54) is 6.07 Å². The number of rotatable bonds is 4. The smallest absolute Gasteiger partial charge is 0.357 e. The van der Waals surface area contributed by atoms with Gasteiger partial charge in [-0.25, -0.2) is 4.98 Å². The average molecular weight is 234 g/mol. The van der Waals surface area contributed by atoms with Gasteiger partial charge in [-0.05, 0) is 18.2 Å². The molecule has 2 heterocycles. The lowest BCUT2D eigenvalue weighted by molar-refractivity contribution is -0.411. The molecule has 88 valence electrons. The number of pyridine rings is 1. The van der Waals surface area contributed by atoms with Crippen molar-refractivity contribution in [3.63, 3.8) is 0 Å². The lowest BCUT2D eigenvalue weighted by atomic mass is 10.3. The van der Waals surface area contributed by atoms with Gasteiger partial charge in [0.2, 0.25) is 0 Å². The Balaban J connectivity index is 2.24. The van der Waals surface area contributed by atoms with Gasteiger partial charge >= 0.3 is 11.5 Å². The normalized spacial score (nSPS) is 10.2. The number of hydrogen-bond acceptors (Lipinski definition) is 4. The maximum absolute atomic E-state index is 10.9. The number of nitrogens with one attached hydrogen (secondary N) is 1. The number of aromatic amines is 1. The monoisotopic (exact) mass is 234 g/mol. The Kier molecular flexibility index (Phi) is 3.04. The number of hydrogen-bond donors (Lipinski definition) is 0. The molecule has 0 atom stereocenters. The van der Waals surface area contributed by atoms with Gasteiger partial charge in [0.15, 0.2) is 0 Å². The van der Waals surface area contributed by atoms with Crippen LogP contribution in [0.15, 0.2) is 41.1 Å². The molecule has 0 fully saturated rings. The van der Waals surface area contributed by atoms with Crippen LogP contribution in [-0.2, 0) is 6.54 Å². The summed E-state index contributed by atoms with van der Waals surface area (Å²) in [7, 11) is 1.77. The molecule has 0 saturated heterocycles. The van der Waals surface area contributed by atoms with Crippen molar-refractivity contribution in [2.45, 2.75) is 6.54 Å². The molecular formula is C11H12N3O3+. The van der Waals surface area contributed by atoms with Crippen molar-refractivity contribution in [3.8, 4) is 0 Å². The van der Waals surface area contributed by atoms with E-state index in [4.69, 9.17) is 4.42 Å². The average Bonchev–Trinajstić information content (AvgIpc) is 2.81. The van der Waals surface area contributed by atoms with Crippen molar-refractivity contribution in [3.05, 3.63) is 52.6 Å². The van der Waals surface area contributed by atoms with Crippen molar-refractivity contribution in [2.75, 3.05) is 11.9 Å². The first-order valence-corrected chi connectivity index (χ1v) is 5.07. The van der Waals surface area contributed by atoms with Gasteiger partial charge in [-0.15, -0.1) is 0 Å². The van der Waals surface area contributed by atoms with E-state index in [1.807, 2.05) is 6.07 Å². The van der Waals surface area contributed by atoms with Crippen LogP contribution in [0.3, 0.4) is 0 Å². The van der Waals surface area contributed by atoms with Gasteiger partial charge < -0.3 is 4.42 Å². The lowest BCUT2D eigenvalue weighted by Gasteiger charge is -2.08. The van der Waals surface area contributed by atoms with Gasteiger partial charge in [-0.1, -0.05) is 0 Å². The molecule has 6 nitrogen and oxygen atoms in total. The molecule has 0 aliphatic rings. The summed E-state index contributed by atoms with van der Waals surface area (Å²) in [6.45, 7) is 0.467. The highest BCUT2D eigenvalue weighted by atomic mass is 16.6. The Hall–Kier alpha value is -2.37. The van der Waals surface area contributed by atoms with Crippen LogP contribution < -0.4 is 9.88 Å². The molecule has 2 aromatic heterocycles. The molecule has 0 aromatic carbocycles. The molecule has 17 heavy (non-hydrogen) atoms. The summed E-state index contributed by atoms with van der Waals surface area (Å²) in [6.07, 6.45) is 3.23. The van der Waals surface area contributed by atoms with Gasteiger partial charge in [0.25, 0.3) is 0 Å². The summed E-state index contributed by atoms with van der Waals surface area (Å²) >= 11 is 0. The van der Waals surface area contributed by atoms with Crippen LogP contribution >= 0.6 is 0 Å². The topological polar surface area (TPSA) is 73.7 Å². The molecule has 0 aliphatic carbocycles. The fourth-order valence-corrected chi connectivity index (χ4v) is 1.59. The van der Waals surface area contributed by atoms with Crippen molar-refractivity contribution >= 4 is 11.5 Å². The standard InChI is InChI=1S/C11H11N3O3/c1-13(8-9-4-3-7-17-9)11-10(14(15)16)5-2-6-12-11/h2-7H,8H2,1H3/p+1. The summed E-state index contributed by atoms with van der Waals surface area (Å²) in [6, 6.07) is 6.67. The first kappa shape index (κ1) is 11.1. The Morgan fingerprint density at radius 2 is 2.29 bits per heavy atom. The Morgan fingerprint density at radius 3 is 2.94 bits per heavy atom. The quantitative estimate of drug-likeness (QED) is 0.595. The molecule has 0 saturated carbocycles. The van der Waals surface area contributed by atoms with Crippen molar-refractivity contribution in [2.24, 2.45) is 0 Å². The minimum absolute atomic E-state index is 0.0431. The number of nitrogens with zero attached hydrogens (tertiary/aromatic N) is 2. The zero-order valence-corrected chi connectivity index (χ0v) is 9.29. The second-order valence-electron chi connectivity index (χ2n) is 3.60. The van der Waals surface area contributed by atoms with Crippen LogP contribution in [0.5, 0.6) is 0 Å². The number of nitro groups is 1. The number of furan rings is 1. The molecule has 0 spiro atoms. The third-order valence-corrected chi connectivity index (χ3v) is 2.36. The minimum Gasteiger partial charge on any atom is -0.465 e. The van der Waals surface area contributed by atoms with Gasteiger partial charge in [-0.2, -0.15) is 0 Å².